The number of aryl methyl sites for hydroxylation is 2. The molecule has 3 rings (SSSR count). The van der Waals surface area contributed by atoms with Crippen LogP contribution in [0.1, 0.15) is 68.2 Å². The van der Waals surface area contributed by atoms with Crippen LogP contribution in [0, 0.1) is 13.8 Å². The van der Waals surface area contributed by atoms with Crippen LogP contribution in [0.25, 0.3) is 0 Å². The van der Waals surface area contributed by atoms with Crippen molar-refractivity contribution in [1.29, 1.82) is 0 Å². The van der Waals surface area contributed by atoms with Crippen molar-refractivity contribution in [3.05, 3.63) is 23.1 Å². The summed E-state index contributed by atoms with van der Waals surface area (Å²) in [4.78, 5) is 4.65. The van der Waals surface area contributed by atoms with Crippen LogP contribution in [0.2, 0.25) is 0 Å². The van der Waals surface area contributed by atoms with Crippen LogP contribution in [-0.4, -0.2) is 52.7 Å². The summed E-state index contributed by atoms with van der Waals surface area (Å²) in [5.74, 6) is 1.58. The zero-order valence-electron chi connectivity index (χ0n) is 17.4. The molecule has 2 aromatic rings. The van der Waals surface area contributed by atoms with Crippen LogP contribution < -0.4 is 4.72 Å². The van der Waals surface area contributed by atoms with E-state index < -0.39 is 22.2 Å². The van der Waals surface area contributed by atoms with E-state index in [1.54, 1.807) is 21.0 Å². The van der Waals surface area contributed by atoms with E-state index in [-0.39, 0.29) is 22.6 Å². The number of methoxy groups -OCH3 is 1. The van der Waals surface area contributed by atoms with Gasteiger partial charge in [-0.15, -0.1) is 0 Å². The Balaban J connectivity index is 1.84. The van der Waals surface area contributed by atoms with Crippen molar-refractivity contribution in [2.45, 2.75) is 82.6 Å². The summed E-state index contributed by atoms with van der Waals surface area (Å²) in [5.41, 5.74) is 0.292. The van der Waals surface area contributed by atoms with Gasteiger partial charge in [0.05, 0.1) is 6.10 Å². The minimum Gasteiger partial charge on any atom is -0.391 e. The molecule has 0 bridgehead atoms. The van der Waals surface area contributed by atoms with Gasteiger partial charge in [0.2, 0.25) is 10.0 Å². The van der Waals surface area contributed by atoms with Gasteiger partial charge in [0.15, 0.2) is 11.6 Å². The predicted molar refractivity (Wildman–Crippen MR) is 104 cm³/mol. The Hall–Kier alpha value is -1.82. The maximum absolute atomic E-state index is 12.9. The number of sulfonamides is 1. The van der Waals surface area contributed by atoms with E-state index in [1.807, 2.05) is 18.5 Å². The van der Waals surface area contributed by atoms with Gasteiger partial charge in [0, 0.05) is 25.1 Å². The van der Waals surface area contributed by atoms with E-state index in [9.17, 15) is 13.5 Å². The normalized spacial score (nSPS) is 23.1. The summed E-state index contributed by atoms with van der Waals surface area (Å²) >= 11 is 0. The van der Waals surface area contributed by atoms with Gasteiger partial charge < -0.3 is 14.4 Å². The fourth-order valence-electron chi connectivity index (χ4n) is 3.86. The van der Waals surface area contributed by atoms with Gasteiger partial charge in [-0.1, -0.05) is 5.16 Å². The molecule has 2 N–H and O–H groups in total. The van der Waals surface area contributed by atoms with Gasteiger partial charge in [-0.3, -0.25) is 0 Å². The van der Waals surface area contributed by atoms with Gasteiger partial charge in [-0.05, 0) is 47.0 Å². The second kappa shape index (κ2) is 8.50. The number of aliphatic hydroxyl groups is 1. The molecule has 162 valence electrons. The first kappa shape index (κ1) is 21.9. The van der Waals surface area contributed by atoms with Crippen LogP contribution in [0.15, 0.2) is 9.42 Å². The number of nitrogens with zero attached hydrogens (tertiary/aromatic N) is 4. The van der Waals surface area contributed by atoms with Crippen LogP contribution in [-0.2, 0) is 21.4 Å². The molecule has 0 unspecified atom stereocenters. The summed E-state index contributed by atoms with van der Waals surface area (Å²) < 4.78 is 40.4. The smallest absolute Gasteiger partial charge is 0.246 e. The fourth-order valence-corrected chi connectivity index (χ4v) is 5.47. The van der Waals surface area contributed by atoms with Crippen molar-refractivity contribution >= 4 is 10.0 Å². The molecule has 0 spiro atoms. The second-order valence-electron chi connectivity index (χ2n) is 7.82. The lowest BCUT2D eigenvalue weighted by Gasteiger charge is -2.33. The number of hydrogen-bond donors (Lipinski definition) is 2. The van der Waals surface area contributed by atoms with Crippen molar-refractivity contribution in [3.8, 4) is 0 Å². The number of hydrogen-bond acceptors (Lipinski definition) is 8. The Bertz CT molecular complexity index is 932. The van der Waals surface area contributed by atoms with E-state index in [1.165, 1.54) is 0 Å². The second-order valence-corrected chi connectivity index (χ2v) is 9.47. The molecular weight excluding hydrogens is 398 g/mol. The fraction of sp³-hybridized carbons (Fsp3) is 0.722. The average molecular weight is 428 g/mol. The standard InChI is InChI=1S/C18H29N5O5S/c1-10(2)23-18(19-16(20-23)9-27-5)13-6-7-15(24)14(8-13)22-29(25,26)17-11(3)21-28-12(17)4/h10,13-15,22,24H,6-9H2,1-5H3/t13-,14+,15+/m0/s1. The molecule has 1 aliphatic rings. The molecule has 0 saturated heterocycles. The lowest BCUT2D eigenvalue weighted by molar-refractivity contribution is 0.0911. The number of aromatic nitrogens is 4. The van der Waals surface area contributed by atoms with Crippen molar-refractivity contribution in [3.63, 3.8) is 0 Å². The molecule has 1 saturated carbocycles. The molecule has 3 atom stereocenters. The summed E-state index contributed by atoms with van der Waals surface area (Å²) in [7, 11) is -2.29. The number of nitrogens with one attached hydrogen (secondary N) is 1. The highest BCUT2D eigenvalue weighted by atomic mass is 32.2. The van der Waals surface area contributed by atoms with Crippen molar-refractivity contribution in [2.75, 3.05) is 7.11 Å². The summed E-state index contributed by atoms with van der Waals surface area (Å²) in [6, 6.07) is -0.539. The van der Waals surface area contributed by atoms with E-state index in [0.29, 0.717) is 37.4 Å². The van der Waals surface area contributed by atoms with Gasteiger partial charge in [0.1, 0.15) is 23.0 Å². The van der Waals surface area contributed by atoms with E-state index in [2.05, 4.69) is 20.0 Å². The Labute approximate surface area is 170 Å². The number of aliphatic hydroxyl groups excluding tert-OH is 1. The minimum absolute atomic E-state index is 0.0274. The van der Waals surface area contributed by atoms with Crippen LogP contribution in [0.5, 0.6) is 0 Å². The molecule has 0 aliphatic heterocycles. The molecule has 2 heterocycles. The van der Waals surface area contributed by atoms with Crippen molar-refractivity contribution in [2.24, 2.45) is 0 Å². The third-order valence-electron chi connectivity index (χ3n) is 5.19. The summed E-state index contributed by atoms with van der Waals surface area (Å²) in [6.07, 6.45) is 0.795. The Morgan fingerprint density at radius 3 is 2.66 bits per heavy atom. The number of ether oxygens (including phenoxy) is 1. The molecule has 11 heteroatoms. The van der Waals surface area contributed by atoms with Crippen molar-refractivity contribution in [1.82, 2.24) is 24.6 Å². The third kappa shape index (κ3) is 4.52. The lowest BCUT2D eigenvalue weighted by Crippen LogP contribution is -2.47. The molecule has 10 nitrogen and oxygen atoms in total. The summed E-state index contributed by atoms with van der Waals surface area (Å²) in [6.45, 7) is 7.48. The first-order chi connectivity index (χ1) is 13.6. The topological polar surface area (TPSA) is 132 Å². The molecule has 1 aliphatic carbocycles. The SMILES string of the molecule is COCc1nc([C@H]2CC[C@@H](O)[C@H](NS(=O)(=O)c3c(C)noc3C)C2)n(C(C)C)n1. The Morgan fingerprint density at radius 2 is 2.07 bits per heavy atom. The van der Waals surface area contributed by atoms with Crippen LogP contribution in [0.3, 0.4) is 0 Å². The molecule has 0 aromatic carbocycles. The van der Waals surface area contributed by atoms with E-state index in [4.69, 9.17) is 9.26 Å². The highest BCUT2D eigenvalue weighted by Gasteiger charge is 2.37. The highest BCUT2D eigenvalue weighted by Crippen LogP contribution is 2.34. The van der Waals surface area contributed by atoms with Gasteiger partial charge in [-0.2, -0.15) is 5.10 Å². The van der Waals surface area contributed by atoms with Gasteiger partial charge in [-0.25, -0.2) is 22.8 Å². The number of rotatable bonds is 7. The Kier molecular flexibility index (Phi) is 6.42. The molecule has 0 radical (unpaired) electrons. The molecule has 0 amide bonds. The molecule has 29 heavy (non-hydrogen) atoms. The molecular formula is C18H29N5O5S. The maximum Gasteiger partial charge on any atom is 0.246 e. The largest absolute Gasteiger partial charge is 0.391 e. The molecule has 2 aromatic heterocycles. The zero-order chi connectivity index (χ0) is 21.3. The monoisotopic (exact) mass is 427 g/mol. The highest BCUT2D eigenvalue weighted by molar-refractivity contribution is 7.89. The summed E-state index contributed by atoms with van der Waals surface area (Å²) in [5, 5.41) is 18.7. The van der Waals surface area contributed by atoms with Crippen LogP contribution >= 0.6 is 0 Å². The first-order valence-corrected chi connectivity index (χ1v) is 11.2. The predicted octanol–water partition coefficient (Wildman–Crippen LogP) is 1.59. The third-order valence-corrected chi connectivity index (χ3v) is 6.92. The van der Waals surface area contributed by atoms with Crippen molar-refractivity contribution < 1.29 is 22.8 Å². The Morgan fingerprint density at radius 1 is 1.34 bits per heavy atom. The average Bonchev–Trinajstić information content (AvgIpc) is 3.21. The zero-order valence-corrected chi connectivity index (χ0v) is 18.2. The first-order valence-electron chi connectivity index (χ1n) is 9.71. The van der Waals surface area contributed by atoms with E-state index in [0.717, 1.165) is 5.82 Å². The quantitative estimate of drug-likeness (QED) is 0.681. The lowest BCUT2D eigenvalue weighted by atomic mass is 9.83. The molecule has 1 fully saturated rings. The minimum atomic E-state index is -3.88. The van der Waals surface area contributed by atoms with Gasteiger partial charge >= 0.3 is 0 Å². The van der Waals surface area contributed by atoms with Gasteiger partial charge in [0.25, 0.3) is 0 Å². The van der Waals surface area contributed by atoms with E-state index >= 15 is 0 Å². The van der Waals surface area contributed by atoms with Crippen LogP contribution in [0.4, 0.5) is 0 Å². The maximum atomic E-state index is 12.9.